The van der Waals surface area contributed by atoms with Crippen LogP contribution >= 0.6 is 28.1 Å². The SMILES string of the molecule is CCOc1cc(/C=C2\C(=O)NC(=S)N(c3ccc(CC)cc3)C2=O)cc(Br)c1OC. The van der Waals surface area contributed by atoms with Gasteiger partial charge >= 0.3 is 0 Å². The molecule has 0 aliphatic carbocycles. The van der Waals surface area contributed by atoms with E-state index in [1.165, 1.54) is 11.0 Å². The van der Waals surface area contributed by atoms with Crippen LogP contribution in [0, 0.1) is 0 Å². The highest BCUT2D eigenvalue weighted by molar-refractivity contribution is 9.10. The van der Waals surface area contributed by atoms with E-state index in [1.807, 2.05) is 31.2 Å². The molecule has 0 saturated carbocycles. The monoisotopic (exact) mass is 488 g/mol. The van der Waals surface area contributed by atoms with Crippen molar-refractivity contribution in [3.05, 3.63) is 57.6 Å². The van der Waals surface area contributed by atoms with E-state index < -0.39 is 11.8 Å². The van der Waals surface area contributed by atoms with Crippen LogP contribution in [0.1, 0.15) is 25.0 Å². The van der Waals surface area contributed by atoms with Crippen molar-refractivity contribution in [3.63, 3.8) is 0 Å². The number of aryl methyl sites for hydroxylation is 1. The van der Waals surface area contributed by atoms with Gasteiger partial charge in [-0.1, -0.05) is 19.1 Å². The van der Waals surface area contributed by atoms with E-state index in [9.17, 15) is 9.59 Å². The minimum absolute atomic E-state index is 0.0253. The van der Waals surface area contributed by atoms with Crippen molar-refractivity contribution < 1.29 is 19.1 Å². The third-order valence-electron chi connectivity index (χ3n) is 4.55. The number of carbonyl (C=O) groups is 2. The lowest BCUT2D eigenvalue weighted by Crippen LogP contribution is -2.54. The Morgan fingerprint density at radius 1 is 1.17 bits per heavy atom. The highest BCUT2D eigenvalue weighted by Gasteiger charge is 2.34. The van der Waals surface area contributed by atoms with Crippen molar-refractivity contribution in [2.24, 2.45) is 0 Å². The number of methoxy groups -OCH3 is 1. The van der Waals surface area contributed by atoms with E-state index >= 15 is 0 Å². The zero-order chi connectivity index (χ0) is 21.8. The second-order valence-corrected chi connectivity index (χ2v) is 7.69. The van der Waals surface area contributed by atoms with Gasteiger partial charge < -0.3 is 9.47 Å². The van der Waals surface area contributed by atoms with Crippen LogP contribution in [0.2, 0.25) is 0 Å². The number of ether oxygens (including phenoxy) is 2. The van der Waals surface area contributed by atoms with Gasteiger partial charge in [0.25, 0.3) is 11.8 Å². The summed E-state index contributed by atoms with van der Waals surface area (Å²) in [5.74, 6) is 0.0129. The number of rotatable bonds is 6. The Morgan fingerprint density at radius 2 is 1.87 bits per heavy atom. The molecule has 3 rings (SSSR count). The van der Waals surface area contributed by atoms with E-state index in [4.69, 9.17) is 21.7 Å². The second kappa shape index (κ2) is 9.40. The maximum absolute atomic E-state index is 13.2. The van der Waals surface area contributed by atoms with Gasteiger partial charge in [0, 0.05) is 0 Å². The summed E-state index contributed by atoms with van der Waals surface area (Å²) in [5, 5.41) is 2.65. The van der Waals surface area contributed by atoms with Crippen molar-refractivity contribution >= 4 is 56.8 Å². The van der Waals surface area contributed by atoms with Gasteiger partial charge in [-0.25, -0.2) is 0 Å². The average molecular weight is 489 g/mol. The number of nitrogens with one attached hydrogen (secondary N) is 1. The van der Waals surface area contributed by atoms with Crippen LogP contribution in [0.4, 0.5) is 5.69 Å². The second-order valence-electron chi connectivity index (χ2n) is 6.44. The molecule has 1 heterocycles. The first-order chi connectivity index (χ1) is 14.4. The quantitative estimate of drug-likeness (QED) is 0.374. The van der Waals surface area contributed by atoms with Gasteiger partial charge in [0.2, 0.25) is 0 Å². The fraction of sp³-hybridized carbons (Fsp3) is 0.227. The van der Waals surface area contributed by atoms with Gasteiger partial charge in [-0.2, -0.15) is 0 Å². The van der Waals surface area contributed by atoms with Crippen molar-refractivity contribution in [2.45, 2.75) is 20.3 Å². The molecule has 2 amide bonds. The van der Waals surface area contributed by atoms with Crippen molar-refractivity contribution in [3.8, 4) is 11.5 Å². The molecule has 1 aliphatic rings. The van der Waals surface area contributed by atoms with Gasteiger partial charge in [-0.05, 0) is 83.0 Å². The molecule has 0 bridgehead atoms. The van der Waals surface area contributed by atoms with Gasteiger partial charge in [-0.15, -0.1) is 0 Å². The predicted molar refractivity (Wildman–Crippen MR) is 124 cm³/mol. The Balaban J connectivity index is 2.02. The lowest BCUT2D eigenvalue weighted by Gasteiger charge is -2.29. The molecule has 1 aliphatic heterocycles. The van der Waals surface area contributed by atoms with Crippen LogP contribution < -0.4 is 19.7 Å². The summed E-state index contributed by atoms with van der Waals surface area (Å²) < 4.78 is 11.6. The third-order valence-corrected chi connectivity index (χ3v) is 5.42. The molecular formula is C22H21BrN2O4S. The molecule has 0 spiro atoms. The van der Waals surface area contributed by atoms with Crippen LogP contribution in [0.3, 0.4) is 0 Å². The Bertz CT molecular complexity index is 1030. The first kappa shape index (κ1) is 22.0. The summed E-state index contributed by atoms with van der Waals surface area (Å²) in [4.78, 5) is 27.0. The normalized spacial score (nSPS) is 15.4. The fourth-order valence-electron chi connectivity index (χ4n) is 3.07. The zero-order valence-corrected chi connectivity index (χ0v) is 19.2. The highest BCUT2D eigenvalue weighted by atomic mass is 79.9. The lowest BCUT2D eigenvalue weighted by atomic mass is 10.1. The fourth-order valence-corrected chi connectivity index (χ4v) is 3.97. The summed E-state index contributed by atoms with van der Waals surface area (Å²) in [7, 11) is 1.54. The topological polar surface area (TPSA) is 67.9 Å². The largest absolute Gasteiger partial charge is 0.492 e. The summed E-state index contributed by atoms with van der Waals surface area (Å²) in [6.45, 7) is 4.35. The number of nitrogens with zero attached hydrogens (tertiary/aromatic N) is 1. The number of benzene rings is 2. The number of thiocarbonyl (C=S) groups is 1. The molecule has 0 aromatic heterocycles. The van der Waals surface area contributed by atoms with Gasteiger partial charge in [0.1, 0.15) is 5.57 Å². The van der Waals surface area contributed by atoms with Gasteiger partial charge in [0.05, 0.1) is 23.9 Å². The summed E-state index contributed by atoms with van der Waals surface area (Å²) in [6.07, 6.45) is 2.40. The lowest BCUT2D eigenvalue weighted by molar-refractivity contribution is -0.122. The van der Waals surface area contributed by atoms with Gasteiger partial charge in [0.15, 0.2) is 16.6 Å². The van der Waals surface area contributed by atoms with Gasteiger partial charge in [-0.3, -0.25) is 19.8 Å². The van der Waals surface area contributed by atoms with E-state index in [0.29, 0.717) is 33.8 Å². The number of hydrogen-bond donors (Lipinski definition) is 1. The maximum atomic E-state index is 13.2. The number of amides is 2. The average Bonchev–Trinajstić information content (AvgIpc) is 2.71. The predicted octanol–water partition coefficient (Wildman–Crippen LogP) is 4.25. The van der Waals surface area contributed by atoms with E-state index in [1.54, 1.807) is 19.2 Å². The summed E-state index contributed by atoms with van der Waals surface area (Å²) >= 11 is 8.70. The Kier molecular flexibility index (Phi) is 6.89. The maximum Gasteiger partial charge on any atom is 0.270 e. The third kappa shape index (κ3) is 4.39. The molecule has 156 valence electrons. The van der Waals surface area contributed by atoms with Crippen molar-refractivity contribution in [2.75, 3.05) is 18.6 Å². The molecule has 1 fully saturated rings. The molecule has 1 saturated heterocycles. The van der Waals surface area contributed by atoms with Crippen LogP contribution in [0.5, 0.6) is 11.5 Å². The number of carbonyl (C=O) groups excluding carboxylic acids is 2. The molecule has 1 N–H and O–H groups in total. The van der Waals surface area contributed by atoms with E-state index in [0.717, 1.165) is 12.0 Å². The van der Waals surface area contributed by atoms with Crippen LogP contribution in [0.25, 0.3) is 6.08 Å². The van der Waals surface area contributed by atoms with Crippen molar-refractivity contribution in [1.82, 2.24) is 5.32 Å². The van der Waals surface area contributed by atoms with E-state index in [2.05, 4.69) is 28.2 Å². The first-order valence-electron chi connectivity index (χ1n) is 9.40. The van der Waals surface area contributed by atoms with E-state index in [-0.39, 0.29) is 10.7 Å². The molecule has 2 aromatic rings. The Labute approximate surface area is 189 Å². The zero-order valence-electron chi connectivity index (χ0n) is 16.8. The number of hydrogen-bond acceptors (Lipinski definition) is 5. The number of anilines is 1. The Morgan fingerprint density at radius 3 is 2.47 bits per heavy atom. The van der Waals surface area contributed by atoms with Crippen molar-refractivity contribution in [1.29, 1.82) is 0 Å². The minimum atomic E-state index is -0.545. The van der Waals surface area contributed by atoms with Crippen LogP contribution in [-0.4, -0.2) is 30.6 Å². The molecule has 6 nitrogen and oxygen atoms in total. The molecule has 0 unspecified atom stereocenters. The molecular weight excluding hydrogens is 468 g/mol. The van der Waals surface area contributed by atoms with Crippen LogP contribution in [0.15, 0.2) is 46.4 Å². The number of halogens is 1. The molecule has 2 aromatic carbocycles. The first-order valence-corrected chi connectivity index (χ1v) is 10.6. The van der Waals surface area contributed by atoms with Crippen LogP contribution in [-0.2, 0) is 16.0 Å². The Hall–Kier alpha value is -2.71. The summed E-state index contributed by atoms with van der Waals surface area (Å²) in [5.41, 5.74) is 2.32. The highest BCUT2D eigenvalue weighted by Crippen LogP contribution is 2.37. The molecule has 8 heteroatoms. The smallest absolute Gasteiger partial charge is 0.270 e. The molecule has 0 atom stereocenters. The molecule has 30 heavy (non-hydrogen) atoms. The summed E-state index contributed by atoms with van der Waals surface area (Å²) in [6, 6.07) is 11.0. The molecule has 0 radical (unpaired) electrons. The standard InChI is InChI=1S/C22H21BrN2O4S/c1-4-13-6-8-15(9-7-13)25-21(27)16(20(26)24-22(25)30)10-14-11-17(23)19(28-3)18(12-14)29-5-2/h6-12H,4-5H2,1-3H3,(H,24,26,30)/b16-10+. The minimum Gasteiger partial charge on any atom is -0.492 e.